The van der Waals surface area contributed by atoms with E-state index in [1.807, 2.05) is 0 Å². The summed E-state index contributed by atoms with van der Waals surface area (Å²) in [7, 11) is 0. The minimum atomic E-state index is 0.603. The van der Waals surface area contributed by atoms with Crippen molar-refractivity contribution in [3.63, 3.8) is 0 Å². The van der Waals surface area contributed by atoms with Crippen molar-refractivity contribution in [3.8, 4) is 0 Å². The van der Waals surface area contributed by atoms with Gasteiger partial charge < -0.3 is 9.32 Å². The van der Waals surface area contributed by atoms with Crippen LogP contribution in [0.25, 0.3) is 0 Å². The van der Waals surface area contributed by atoms with E-state index >= 15 is 0 Å². The molecule has 2 rings (SSSR count). The Morgan fingerprint density at radius 3 is 3.17 bits per heavy atom. The second kappa shape index (κ2) is 3.17. The highest BCUT2D eigenvalue weighted by Crippen LogP contribution is 2.23. The summed E-state index contributed by atoms with van der Waals surface area (Å²) in [5.74, 6) is 0.919. The van der Waals surface area contributed by atoms with E-state index in [1.54, 1.807) is 6.20 Å². The van der Waals surface area contributed by atoms with Gasteiger partial charge in [0.1, 0.15) is 0 Å². The molecule has 1 aromatic rings. The monoisotopic (exact) mass is 166 g/mol. The molecule has 1 atom stereocenters. The van der Waals surface area contributed by atoms with Crippen LogP contribution in [0.15, 0.2) is 17.0 Å². The second-order valence-electron chi connectivity index (χ2n) is 3.38. The van der Waals surface area contributed by atoms with Gasteiger partial charge in [0.15, 0.2) is 6.39 Å². The molecule has 1 fully saturated rings. The van der Waals surface area contributed by atoms with Gasteiger partial charge in [0.05, 0.1) is 6.20 Å². The molecule has 2 heterocycles. The first-order valence-electron chi connectivity index (χ1n) is 4.53. The molecule has 1 unspecified atom stereocenters. The number of piperidine rings is 1. The maximum absolute atomic E-state index is 5.26. The van der Waals surface area contributed by atoms with Gasteiger partial charge in [-0.25, -0.2) is 4.98 Å². The molecule has 0 bridgehead atoms. The van der Waals surface area contributed by atoms with E-state index in [-0.39, 0.29) is 0 Å². The van der Waals surface area contributed by atoms with E-state index < -0.39 is 0 Å². The highest BCUT2D eigenvalue weighted by Gasteiger charge is 2.20. The first-order chi connectivity index (χ1) is 5.88. The summed E-state index contributed by atoms with van der Waals surface area (Å²) in [6.45, 7) is 3.35. The van der Waals surface area contributed by atoms with Crippen LogP contribution in [-0.2, 0) is 0 Å². The lowest BCUT2D eigenvalue weighted by molar-refractivity contribution is 0.440. The van der Waals surface area contributed by atoms with Crippen LogP contribution in [0.5, 0.6) is 0 Å². The Kier molecular flexibility index (Phi) is 2.02. The van der Waals surface area contributed by atoms with Crippen molar-refractivity contribution >= 4 is 5.88 Å². The summed E-state index contributed by atoms with van der Waals surface area (Å²) < 4.78 is 5.26. The summed E-state index contributed by atoms with van der Waals surface area (Å²) in [4.78, 5) is 6.21. The lowest BCUT2D eigenvalue weighted by Crippen LogP contribution is -2.37. The van der Waals surface area contributed by atoms with Crippen LogP contribution >= 0.6 is 0 Å². The molecule has 1 aliphatic heterocycles. The lowest BCUT2D eigenvalue weighted by atomic mass is 10.0. The summed E-state index contributed by atoms with van der Waals surface area (Å²) in [6.07, 6.45) is 7.16. The molecule has 66 valence electrons. The Bertz CT molecular complexity index is 233. The van der Waals surface area contributed by atoms with E-state index in [9.17, 15) is 0 Å². The van der Waals surface area contributed by atoms with Gasteiger partial charge in [0.25, 0.3) is 0 Å². The highest BCUT2D eigenvalue weighted by molar-refractivity contribution is 5.33. The van der Waals surface area contributed by atoms with Gasteiger partial charge >= 0.3 is 0 Å². The maximum atomic E-state index is 5.26. The zero-order valence-corrected chi connectivity index (χ0v) is 7.36. The summed E-state index contributed by atoms with van der Waals surface area (Å²) in [5, 5.41) is 0. The zero-order valence-electron chi connectivity index (χ0n) is 7.36. The molecule has 0 saturated carbocycles. The Hall–Kier alpha value is -0.990. The van der Waals surface area contributed by atoms with Crippen LogP contribution in [0.3, 0.4) is 0 Å². The van der Waals surface area contributed by atoms with Crippen LogP contribution < -0.4 is 4.90 Å². The van der Waals surface area contributed by atoms with Crippen LogP contribution in [-0.4, -0.2) is 17.6 Å². The minimum absolute atomic E-state index is 0.603. The van der Waals surface area contributed by atoms with E-state index in [2.05, 4.69) is 16.8 Å². The fourth-order valence-electron chi connectivity index (χ4n) is 1.78. The highest BCUT2D eigenvalue weighted by atomic mass is 16.4. The summed E-state index contributed by atoms with van der Waals surface area (Å²) >= 11 is 0. The topological polar surface area (TPSA) is 29.3 Å². The van der Waals surface area contributed by atoms with Crippen LogP contribution in [0, 0.1) is 0 Å². The zero-order chi connectivity index (χ0) is 8.39. The predicted octanol–water partition coefficient (Wildman–Crippen LogP) is 2.05. The Labute approximate surface area is 72.4 Å². The lowest BCUT2D eigenvalue weighted by Gasteiger charge is -2.32. The standard InChI is InChI=1S/C9H14N2O/c1-8-4-2-3-5-11(8)9-6-10-7-12-9/h6-8H,2-5H2,1H3. The molecular weight excluding hydrogens is 152 g/mol. The first kappa shape index (κ1) is 7.65. The van der Waals surface area contributed by atoms with Crippen molar-refractivity contribution in [3.05, 3.63) is 12.6 Å². The third-order valence-electron chi connectivity index (χ3n) is 2.51. The van der Waals surface area contributed by atoms with Gasteiger partial charge in [0.2, 0.25) is 5.88 Å². The van der Waals surface area contributed by atoms with Crippen molar-refractivity contribution in [2.24, 2.45) is 0 Å². The van der Waals surface area contributed by atoms with Crippen LogP contribution in [0.2, 0.25) is 0 Å². The smallest absolute Gasteiger partial charge is 0.216 e. The first-order valence-corrected chi connectivity index (χ1v) is 4.53. The van der Waals surface area contributed by atoms with Crippen LogP contribution in [0.4, 0.5) is 5.88 Å². The largest absolute Gasteiger partial charge is 0.428 e. The molecule has 12 heavy (non-hydrogen) atoms. The molecule has 3 heteroatoms. The summed E-state index contributed by atoms with van der Waals surface area (Å²) in [5.41, 5.74) is 0. The molecule has 0 aliphatic carbocycles. The molecule has 0 N–H and O–H groups in total. The molecule has 1 saturated heterocycles. The Morgan fingerprint density at radius 2 is 2.50 bits per heavy atom. The van der Waals surface area contributed by atoms with Crippen molar-refractivity contribution in [2.45, 2.75) is 32.2 Å². The van der Waals surface area contributed by atoms with Crippen molar-refractivity contribution < 1.29 is 4.42 Å². The van der Waals surface area contributed by atoms with Gasteiger partial charge in [-0.3, -0.25) is 0 Å². The molecule has 0 spiro atoms. The Balaban J connectivity index is 2.11. The van der Waals surface area contributed by atoms with Crippen LogP contribution in [0.1, 0.15) is 26.2 Å². The molecule has 1 aliphatic rings. The number of oxazole rings is 1. The number of nitrogens with zero attached hydrogens (tertiary/aromatic N) is 2. The van der Waals surface area contributed by atoms with E-state index in [4.69, 9.17) is 4.42 Å². The fraction of sp³-hybridized carbons (Fsp3) is 0.667. The van der Waals surface area contributed by atoms with E-state index in [0.717, 1.165) is 12.4 Å². The molecule has 3 nitrogen and oxygen atoms in total. The third kappa shape index (κ3) is 1.31. The summed E-state index contributed by atoms with van der Waals surface area (Å²) in [6, 6.07) is 0.603. The van der Waals surface area contributed by atoms with Gasteiger partial charge in [-0.2, -0.15) is 0 Å². The van der Waals surface area contributed by atoms with E-state index in [1.165, 1.54) is 25.7 Å². The molecule has 1 aromatic heterocycles. The average Bonchev–Trinajstić information content (AvgIpc) is 2.57. The van der Waals surface area contributed by atoms with Crippen molar-refractivity contribution in [2.75, 3.05) is 11.4 Å². The Morgan fingerprint density at radius 1 is 1.58 bits per heavy atom. The normalized spacial score (nSPS) is 24.4. The van der Waals surface area contributed by atoms with Gasteiger partial charge in [-0.1, -0.05) is 0 Å². The van der Waals surface area contributed by atoms with Gasteiger partial charge in [-0.15, -0.1) is 0 Å². The quantitative estimate of drug-likeness (QED) is 0.639. The predicted molar refractivity (Wildman–Crippen MR) is 47.2 cm³/mol. The molecule has 0 amide bonds. The van der Waals surface area contributed by atoms with Gasteiger partial charge in [-0.05, 0) is 26.2 Å². The molecule has 0 radical (unpaired) electrons. The number of anilines is 1. The number of hydrogen-bond acceptors (Lipinski definition) is 3. The van der Waals surface area contributed by atoms with Crippen molar-refractivity contribution in [1.29, 1.82) is 0 Å². The number of hydrogen-bond donors (Lipinski definition) is 0. The fourth-order valence-corrected chi connectivity index (χ4v) is 1.78. The average molecular weight is 166 g/mol. The number of aromatic nitrogens is 1. The van der Waals surface area contributed by atoms with Gasteiger partial charge in [0, 0.05) is 12.6 Å². The second-order valence-corrected chi connectivity index (χ2v) is 3.38. The van der Waals surface area contributed by atoms with E-state index in [0.29, 0.717) is 6.04 Å². The minimum Gasteiger partial charge on any atom is -0.428 e. The SMILES string of the molecule is CC1CCCCN1c1cnco1. The maximum Gasteiger partial charge on any atom is 0.216 e. The van der Waals surface area contributed by atoms with Crippen molar-refractivity contribution in [1.82, 2.24) is 4.98 Å². The number of rotatable bonds is 1. The third-order valence-corrected chi connectivity index (χ3v) is 2.51. The molecular formula is C9H14N2O. The molecule has 0 aromatic carbocycles.